The van der Waals surface area contributed by atoms with Gasteiger partial charge in [-0.3, -0.25) is 4.98 Å². The number of hydrogen-bond donors (Lipinski definition) is 2. The summed E-state index contributed by atoms with van der Waals surface area (Å²) in [4.78, 5) is 4.24. The first-order chi connectivity index (χ1) is 13.1. The standard InChI is InChI=1S/C12H16FN.C11H15NO/c1-9-4-2-3-5-10(9)11-6-7-14-8-12(11)13;1-8-4-5-9-3-2-6-12-11(9)10(13)7-8/h2-5,11-12,14H,6-8H2,1H3;2-3,6,8,10,13H,4-5,7H2,1H3/t11-,12?;8-,10?/m11/s1. The van der Waals surface area contributed by atoms with E-state index in [0.29, 0.717) is 12.5 Å². The van der Waals surface area contributed by atoms with Crippen molar-refractivity contribution in [2.24, 2.45) is 5.92 Å². The minimum Gasteiger partial charge on any atom is -0.387 e. The van der Waals surface area contributed by atoms with E-state index in [9.17, 15) is 9.50 Å². The summed E-state index contributed by atoms with van der Waals surface area (Å²) in [5.74, 6) is 0.696. The van der Waals surface area contributed by atoms with E-state index in [-0.39, 0.29) is 12.0 Å². The first kappa shape index (κ1) is 20.0. The Kier molecular flexibility index (Phi) is 6.97. The lowest BCUT2D eigenvalue weighted by atomic mass is 9.86. The fourth-order valence-corrected chi connectivity index (χ4v) is 4.15. The number of aliphatic hydroxyl groups excluding tert-OH is 1. The number of piperidine rings is 1. The summed E-state index contributed by atoms with van der Waals surface area (Å²) in [6, 6.07) is 12.1. The van der Waals surface area contributed by atoms with Gasteiger partial charge in [0.05, 0.1) is 11.8 Å². The molecule has 0 spiro atoms. The van der Waals surface area contributed by atoms with Gasteiger partial charge in [0.1, 0.15) is 6.17 Å². The first-order valence-electron chi connectivity index (χ1n) is 10.1. The zero-order valence-corrected chi connectivity index (χ0v) is 16.4. The van der Waals surface area contributed by atoms with Crippen LogP contribution in [0, 0.1) is 12.8 Å². The summed E-state index contributed by atoms with van der Waals surface area (Å²) >= 11 is 0. The van der Waals surface area contributed by atoms with Crippen LogP contribution in [0.5, 0.6) is 0 Å². The number of aromatic nitrogens is 1. The molecule has 3 nitrogen and oxygen atoms in total. The van der Waals surface area contributed by atoms with Crippen LogP contribution in [0.2, 0.25) is 0 Å². The van der Waals surface area contributed by atoms with Gasteiger partial charge < -0.3 is 10.4 Å². The fraction of sp³-hybridized carbons (Fsp3) is 0.522. The number of alkyl halides is 1. The highest BCUT2D eigenvalue weighted by atomic mass is 19.1. The quantitative estimate of drug-likeness (QED) is 0.727. The van der Waals surface area contributed by atoms with Gasteiger partial charge in [0.15, 0.2) is 0 Å². The van der Waals surface area contributed by atoms with Crippen molar-refractivity contribution in [2.75, 3.05) is 13.1 Å². The maximum Gasteiger partial charge on any atom is 0.119 e. The largest absolute Gasteiger partial charge is 0.387 e. The summed E-state index contributed by atoms with van der Waals surface area (Å²) in [7, 11) is 0. The Bertz CT molecular complexity index is 736. The molecule has 146 valence electrons. The van der Waals surface area contributed by atoms with E-state index < -0.39 is 6.17 Å². The molecule has 4 heteroatoms. The van der Waals surface area contributed by atoms with E-state index in [1.54, 1.807) is 6.20 Å². The van der Waals surface area contributed by atoms with Gasteiger partial charge in [-0.05, 0) is 67.8 Å². The molecule has 2 aliphatic rings. The maximum atomic E-state index is 13.7. The Balaban J connectivity index is 0.000000156. The molecule has 4 atom stereocenters. The number of benzene rings is 1. The van der Waals surface area contributed by atoms with E-state index in [4.69, 9.17) is 0 Å². The molecule has 27 heavy (non-hydrogen) atoms. The molecule has 1 aromatic carbocycles. The predicted octanol–water partition coefficient (Wildman–Crippen LogP) is 4.50. The van der Waals surface area contributed by atoms with Crippen molar-refractivity contribution in [3.05, 3.63) is 65.0 Å². The number of fused-ring (bicyclic) bond motifs is 1. The molecule has 2 aromatic rings. The Morgan fingerprint density at radius 3 is 2.74 bits per heavy atom. The molecule has 1 aliphatic heterocycles. The van der Waals surface area contributed by atoms with E-state index >= 15 is 0 Å². The second-order valence-electron chi connectivity index (χ2n) is 7.91. The van der Waals surface area contributed by atoms with E-state index in [1.807, 2.05) is 18.2 Å². The van der Waals surface area contributed by atoms with Crippen LogP contribution in [0.3, 0.4) is 0 Å². The third-order valence-corrected chi connectivity index (χ3v) is 5.77. The second-order valence-corrected chi connectivity index (χ2v) is 7.91. The highest BCUT2D eigenvalue weighted by Crippen LogP contribution is 2.30. The normalized spacial score (nSPS) is 27.7. The van der Waals surface area contributed by atoms with E-state index in [2.05, 4.69) is 42.3 Å². The average Bonchev–Trinajstić information content (AvgIpc) is 2.82. The van der Waals surface area contributed by atoms with Crippen LogP contribution < -0.4 is 5.32 Å². The maximum absolute atomic E-state index is 13.7. The highest BCUT2D eigenvalue weighted by molar-refractivity contribution is 5.30. The number of nitrogens with zero attached hydrogens (tertiary/aromatic N) is 1. The molecule has 1 aromatic heterocycles. The summed E-state index contributed by atoms with van der Waals surface area (Å²) < 4.78 is 13.7. The van der Waals surface area contributed by atoms with Gasteiger partial charge in [-0.2, -0.15) is 0 Å². The molecule has 2 heterocycles. The van der Waals surface area contributed by atoms with Crippen molar-refractivity contribution in [3.8, 4) is 0 Å². The molecule has 0 bridgehead atoms. The monoisotopic (exact) mass is 370 g/mol. The summed E-state index contributed by atoms with van der Waals surface area (Å²) in [6.07, 6.45) is 4.66. The predicted molar refractivity (Wildman–Crippen MR) is 108 cm³/mol. The molecule has 1 aliphatic carbocycles. The van der Waals surface area contributed by atoms with Crippen LogP contribution in [0.4, 0.5) is 4.39 Å². The van der Waals surface area contributed by atoms with Crippen LogP contribution in [-0.4, -0.2) is 29.4 Å². The third-order valence-electron chi connectivity index (χ3n) is 5.77. The third kappa shape index (κ3) is 5.14. The zero-order chi connectivity index (χ0) is 19.2. The number of aliphatic hydroxyl groups is 1. The Labute approximate surface area is 162 Å². The van der Waals surface area contributed by atoms with Crippen molar-refractivity contribution >= 4 is 0 Å². The van der Waals surface area contributed by atoms with Crippen molar-refractivity contribution in [1.29, 1.82) is 0 Å². The minimum absolute atomic E-state index is 0.0949. The number of nitrogens with one attached hydrogen (secondary N) is 1. The van der Waals surface area contributed by atoms with Crippen LogP contribution in [0.25, 0.3) is 0 Å². The average molecular weight is 371 g/mol. The summed E-state index contributed by atoms with van der Waals surface area (Å²) in [6.45, 7) is 5.68. The topological polar surface area (TPSA) is 45.2 Å². The Morgan fingerprint density at radius 1 is 1.15 bits per heavy atom. The van der Waals surface area contributed by atoms with Crippen molar-refractivity contribution in [2.45, 2.75) is 57.7 Å². The number of aryl methyl sites for hydroxylation is 2. The Hall–Kier alpha value is -1.78. The highest BCUT2D eigenvalue weighted by Gasteiger charge is 2.26. The van der Waals surface area contributed by atoms with Crippen LogP contribution in [0.15, 0.2) is 42.6 Å². The van der Waals surface area contributed by atoms with Crippen molar-refractivity contribution in [1.82, 2.24) is 10.3 Å². The van der Waals surface area contributed by atoms with Gasteiger partial charge in [0, 0.05) is 18.7 Å². The van der Waals surface area contributed by atoms with Crippen LogP contribution in [0.1, 0.15) is 60.6 Å². The number of rotatable bonds is 1. The molecule has 0 saturated carbocycles. The van der Waals surface area contributed by atoms with Crippen molar-refractivity contribution < 1.29 is 9.50 Å². The molecule has 2 unspecified atom stereocenters. The van der Waals surface area contributed by atoms with Crippen LogP contribution >= 0.6 is 0 Å². The summed E-state index contributed by atoms with van der Waals surface area (Å²) in [5.41, 5.74) is 4.51. The smallest absolute Gasteiger partial charge is 0.119 e. The zero-order valence-electron chi connectivity index (χ0n) is 16.4. The molecular formula is C23H31FN2O. The molecule has 2 N–H and O–H groups in total. The van der Waals surface area contributed by atoms with E-state index in [1.165, 1.54) is 16.7 Å². The molecule has 1 fully saturated rings. The fourth-order valence-electron chi connectivity index (χ4n) is 4.15. The Morgan fingerprint density at radius 2 is 1.96 bits per heavy atom. The van der Waals surface area contributed by atoms with Gasteiger partial charge in [-0.1, -0.05) is 37.3 Å². The number of halogens is 1. The second kappa shape index (κ2) is 9.43. The molecule has 0 radical (unpaired) electrons. The van der Waals surface area contributed by atoms with Gasteiger partial charge >= 0.3 is 0 Å². The summed E-state index contributed by atoms with van der Waals surface area (Å²) in [5, 5.41) is 12.9. The minimum atomic E-state index is -0.732. The lowest BCUT2D eigenvalue weighted by molar-refractivity contribution is 0.145. The molecular weight excluding hydrogens is 339 g/mol. The van der Waals surface area contributed by atoms with Crippen molar-refractivity contribution in [3.63, 3.8) is 0 Å². The van der Waals surface area contributed by atoms with Gasteiger partial charge in [0.2, 0.25) is 0 Å². The molecule has 1 saturated heterocycles. The van der Waals surface area contributed by atoms with Gasteiger partial charge in [-0.15, -0.1) is 0 Å². The van der Waals surface area contributed by atoms with Gasteiger partial charge in [0.25, 0.3) is 0 Å². The molecule has 4 rings (SSSR count). The lowest BCUT2D eigenvalue weighted by Crippen LogP contribution is -2.36. The SMILES string of the molecule is C[C@@H]1CCc2cccnc2C(O)C1.Cc1ccccc1[C@H]1CCNCC1F. The number of pyridine rings is 1. The number of hydrogen-bond acceptors (Lipinski definition) is 3. The first-order valence-corrected chi connectivity index (χ1v) is 10.1. The van der Waals surface area contributed by atoms with E-state index in [0.717, 1.165) is 37.9 Å². The molecule has 0 amide bonds. The lowest BCUT2D eigenvalue weighted by Gasteiger charge is -2.28. The van der Waals surface area contributed by atoms with Gasteiger partial charge in [-0.25, -0.2) is 4.39 Å². The van der Waals surface area contributed by atoms with Crippen LogP contribution in [-0.2, 0) is 6.42 Å².